The molecule has 0 aromatic heterocycles. The van der Waals surface area contributed by atoms with Crippen LogP contribution in [0.15, 0.2) is 30.3 Å². The van der Waals surface area contributed by atoms with Gasteiger partial charge in [0.25, 0.3) is 0 Å². The van der Waals surface area contributed by atoms with Gasteiger partial charge in [-0.05, 0) is 0 Å². The Hall–Kier alpha value is -1.31. The summed E-state index contributed by atoms with van der Waals surface area (Å²) in [4.78, 5) is 22.9. The molecule has 0 aliphatic heterocycles. The topological polar surface area (TPSA) is 64.6 Å². The molecule has 0 spiro atoms. The van der Waals surface area contributed by atoms with Crippen molar-refractivity contribution in [3.05, 3.63) is 35.9 Å². The molecule has 0 bridgehead atoms. The first-order valence-corrected chi connectivity index (χ1v) is 6.81. The van der Waals surface area contributed by atoms with Gasteiger partial charge in [0.1, 0.15) is 0 Å². The first-order valence-electron chi connectivity index (χ1n) is 5.66. The number of amides is 1. The van der Waals surface area contributed by atoms with Crippen LogP contribution in [0.3, 0.4) is 0 Å². The monoisotopic (exact) mass is 365 g/mol. The third kappa shape index (κ3) is 4.91. The van der Waals surface area contributed by atoms with E-state index in [-0.39, 0.29) is 6.61 Å². The number of carbonyl (C=O) groups excluding carboxylic acids is 2. The summed E-state index contributed by atoms with van der Waals surface area (Å²) in [6.07, 6.45) is -0.684. The second kappa shape index (κ2) is 7.91. The van der Waals surface area contributed by atoms with Crippen LogP contribution in [0, 0.1) is 0 Å². The third-order valence-corrected chi connectivity index (χ3v) is 3.03. The Morgan fingerprint density at radius 3 is 2.78 bits per heavy atom. The Bertz CT molecular complexity index is 415. The van der Waals surface area contributed by atoms with Crippen molar-refractivity contribution in [1.29, 1.82) is 0.594 Å². The molecule has 1 aromatic rings. The number of ether oxygens (including phenoxy) is 2. The Labute approximate surface area is 119 Å². The molecule has 1 aromatic carbocycles. The van der Waals surface area contributed by atoms with E-state index >= 15 is 0 Å². The van der Waals surface area contributed by atoms with Crippen molar-refractivity contribution in [1.82, 2.24) is 5.32 Å². The molecule has 1 atom stereocenters. The van der Waals surface area contributed by atoms with Crippen LogP contribution in [0.4, 0.5) is 4.79 Å². The van der Waals surface area contributed by atoms with Crippen molar-refractivity contribution in [2.24, 2.45) is 0 Å². The van der Waals surface area contributed by atoms with Gasteiger partial charge in [0.15, 0.2) is 0 Å². The van der Waals surface area contributed by atoms with E-state index in [1.807, 2.05) is 30.3 Å². The molecule has 0 unspecified atom stereocenters. The van der Waals surface area contributed by atoms with Gasteiger partial charge < -0.3 is 0 Å². The van der Waals surface area contributed by atoms with Crippen LogP contribution in [-0.4, -0.2) is 30.2 Å². The first-order chi connectivity index (χ1) is 9.17. The Kier molecular flexibility index (Phi) is 5.77. The summed E-state index contributed by atoms with van der Waals surface area (Å²) in [5.41, 5.74) is 0.861. The van der Waals surface area contributed by atoms with Gasteiger partial charge in [0.05, 0.1) is 0 Å². The van der Waals surface area contributed by atoms with Gasteiger partial charge in [0.2, 0.25) is 0 Å². The zero-order valence-electron chi connectivity index (χ0n) is 10.9. The van der Waals surface area contributed by atoms with E-state index in [0.29, 0.717) is 4.43 Å². The van der Waals surface area contributed by atoms with Gasteiger partial charge in [-0.1, -0.05) is 0 Å². The summed E-state index contributed by atoms with van der Waals surface area (Å²) in [7, 11) is 1.24. The minimum atomic E-state index is -0.880. The molecule has 0 heterocycles. The molecule has 100 valence electrons. The molecule has 5 nitrogen and oxygen atoms in total. The molecule has 0 radical (unpaired) electrons. The van der Waals surface area contributed by atoms with Gasteiger partial charge in [-0.2, -0.15) is 0 Å². The molecular formula is C12H15INO4-. The van der Waals surface area contributed by atoms with E-state index in [9.17, 15) is 9.59 Å². The number of carbonyl (C=O) groups is 2. The normalized spacial score (nSPS) is 12.4. The fraction of sp³-hybridized carbons (Fsp3) is 0.333. The molecule has 0 saturated heterocycles. The molecule has 0 saturated carbocycles. The van der Waals surface area contributed by atoms with E-state index in [2.05, 4.69) is 10.1 Å². The van der Waals surface area contributed by atoms with Crippen molar-refractivity contribution in [2.75, 3.05) is 11.5 Å². The van der Waals surface area contributed by atoms with Crippen LogP contribution in [0.25, 0.3) is 0 Å². The average molecular weight is 365 g/mol. The average Bonchev–Trinajstić information content (AvgIpc) is 2.45. The maximum absolute atomic E-state index is 11.5. The van der Waals surface area contributed by atoms with E-state index in [0.717, 1.165) is 5.56 Å². The summed E-state index contributed by atoms with van der Waals surface area (Å²) >= 11 is -0.880. The van der Waals surface area contributed by atoms with Crippen LogP contribution < -0.4 is 27.7 Å². The summed E-state index contributed by atoms with van der Waals surface area (Å²) in [6, 6.07) is 8.44. The summed E-state index contributed by atoms with van der Waals surface area (Å²) in [6.45, 7) is 0.135. The van der Waals surface area contributed by atoms with Gasteiger partial charge >= 0.3 is 120 Å². The number of methoxy groups -OCH3 is 1. The number of nitrogens with one attached hydrogen (secondary N) is 1. The molecule has 18 heavy (non-hydrogen) atoms. The zero-order valence-corrected chi connectivity index (χ0v) is 12.0. The fourth-order valence-corrected chi connectivity index (χ4v) is 1.79. The number of alkyl halides is 1. The molecule has 6 heteroatoms. The van der Waals surface area contributed by atoms with Gasteiger partial charge in [-0.15, -0.1) is 0 Å². The van der Waals surface area contributed by atoms with Crippen LogP contribution in [0.1, 0.15) is 5.56 Å². The molecular weight excluding hydrogens is 349 g/mol. The molecule has 0 aliphatic rings. The summed E-state index contributed by atoms with van der Waals surface area (Å²) < 4.78 is 17.0. The number of hydrogen-bond acceptors (Lipinski definition) is 4. The number of esters is 1. The van der Waals surface area contributed by atoms with Crippen molar-refractivity contribution >= 4 is 12.1 Å². The van der Waals surface area contributed by atoms with E-state index in [4.69, 9.17) is 5.33 Å². The number of alkyl carbamates (subject to hydrolysis) is 1. The molecule has 0 aliphatic carbocycles. The van der Waals surface area contributed by atoms with Crippen molar-refractivity contribution in [3.8, 4) is 0 Å². The first kappa shape index (κ1) is 13.1. The Morgan fingerprint density at radius 2 is 2.17 bits per heavy atom. The van der Waals surface area contributed by atoms with E-state index in [1.54, 1.807) is 0 Å². The quantitative estimate of drug-likeness (QED) is 0.351. The van der Waals surface area contributed by atoms with E-state index in [1.165, 1.54) is 7.11 Å². The van der Waals surface area contributed by atoms with Crippen LogP contribution >= 0.6 is 0 Å². The standard InChI is InChI=1S/C12H15INO4/c1-17-11(15)10(7-13)14-12(16)18-8-9-5-3-2-4-6-9/h2-6,10,13H,7-8H2,1H3,(H,14,16)/q-1/t10-/m0/s1/i13D. The van der Waals surface area contributed by atoms with Gasteiger partial charge in [-0.3, -0.25) is 0 Å². The number of rotatable bonds is 6. The van der Waals surface area contributed by atoms with Crippen molar-refractivity contribution in [2.45, 2.75) is 12.6 Å². The Morgan fingerprint density at radius 1 is 1.44 bits per heavy atom. The molecule has 1 N–H and O–H groups in total. The minimum absolute atomic E-state index is 0.135. The van der Waals surface area contributed by atoms with Crippen LogP contribution in [0.2, 0.25) is 0 Å². The zero-order chi connectivity index (χ0) is 14.1. The SMILES string of the molecule is [2H][I-]C[C@H](NC(=O)OCc1ccccc1)C(=O)OC. The van der Waals surface area contributed by atoms with Crippen molar-refractivity contribution < 1.29 is 41.5 Å². The number of hydrogen-bond donors (Lipinski definition) is 1. The second-order valence-corrected chi connectivity index (χ2v) is 4.32. The van der Waals surface area contributed by atoms with Gasteiger partial charge in [0, 0.05) is 0 Å². The fourth-order valence-electron chi connectivity index (χ4n) is 1.21. The van der Waals surface area contributed by atoms with E-state index < -0.39 is 40.5 Å². The third-order valence-electron chi connectivity index (χ3n) is 2.14. The van der Waals surface area contributed by atoms with Crippen LogP contribution in [-0.2, 0) is 20.9 Å². The number of halogens is 1. The van der Waals surface area contributed by atoms with Gasteiger partial charge in [-0.25, -0.2) is 0 Å². The summed E-state index contributed by atoms with van der Waals surface area (Å²) in [5.74, 6) is -0.552. The molecule has 1 rings (SSSR count). The van der Waals surface area contributed by atoms with Crippen molar-refractivity contribution in [3.63, 3.8) is 0 Å². The predicted molar refractivity (Wildman–Crippen MR) is 61.8 cm³/mol. The Balaban J connectivity index is 2.42. The molecule has 1 amide bonds. The predicted octanol–water partition coefficient (Wildman–Crippen LogP) is -2.26. The molecule has 0 fully saturated rings. The summed E-state index contributed by atoms with van der Waals surface area (Å²) in [5, 5.41) is 2.41. The second-order valence-electron chi connectivity index (χ2n) is 3.44. The number of benzene rings is 1. The van der Waals surface area contributed by atoms with Crippen LogP contribution in [0.5, 0.6) is 0 Å². The maximum atomic E-state index is 11.5.